The van der Waals surface area contributed by atoms with Crippen molar-refractivity contribution in [2.45, 2.75) is 11.3 Å². The summed E-state index contributed by atoms with van der Waals surface area (Å²) in [7, 11) is -1.91. The van der Waals surface area contributed by atoms with Crippen molar-refractivity contribution in [3.8, 4) is 17.0 Å². The van der Waals surface area contributed by atoms with Crippen molar-refractivity contribution >= 4 is 21.5 Å². The van der Waals surface area contributed by atoms with Crippen LogP contribution in [-0.2, 0) is 10.0 Å². The van der Waals surface area contributed by atoms with Gasteiger partial charge in [-0.05, 0) is 55.6 Å². The van der Waals surface area contributed by atoms with Gasteiger partial charge in [0.05, 0.1) is 10.6 Å². The van der Waals surface area contributed by atoms with Crippen LogP contribution in [0.3, 0.4) is 0 Å². The number of nitrogens with zero attached hydrogens (tertiary/aromatic N) is 4. The lowest BCUT2D eigenvalue weighted by atomic mass is 10.1. The zero-order valence-electron chi connectivity index (χ0n) is 18.2. The van der Waals surface area contributed by atoms with E-state index in [0.717, 1.165) is 61.8 Å². The zero-order chi connectivity index (χ0) is 24.3. The summed E-state index contributed by atoms with van der Waals surface area (Å²) in [5.41, 5.74) is 1.70. The third-order valence-electron chi connectivity index (χ3n) is 5.28. The Hall–Kier alpha value is -3.38. The molecule has 1 saturated heterocycles. The highest BCUT2D eigenvalue weighted by Gasteiger charge is 2.31. The van der Waals surface area contributed by atoms with Crippen LogP contribution in [-0.4, -0.2) is 63.1 Å². The van der Waals surface area contributed by atoms with Crippen LogP contribution < -0.4 is 14.4 Å². The number of sulfonamides is 1. The molecular formula is C22H22F3N5O3S. The molecule has 0 unspecified atom stereocenters. The number of alkyl halides is 3. The second kappa shape index (κ2) is 9.47. The van der Waals surface area contributed by atoms with E-state index in [1.807, 2.05) is 12.1 Å². The van der Waals surface area contributed by atoms with Crippen LogP contribution in [0, 0.1) is 0 Å². The molecule has 8 nitrogen and oxygen atoms in total. The van der Waals surface area contributed by atoms with Crippen LogP contribution in [0.15, 0.2) is 65.6 Å². The average Bonchev–Trinajstić information content (AvgIpc) is 2.79. The molecule has 34 heavy (non-hydrogen) atoms. The smallest absolute Gasteiger partial charge is 0.406 e. The predicted octanol–water partition coefficient (Wildman–Crippen LogP) is 3.59. The van der Waals surface area contributed by atoms with Gasteiger partial charge in [-0.2, -0.15) is 0 Å². The minimum absolute atomic E-state index is 0.198. The third kappa shape index (κ3) is 5.94. The SMILES string of the molecule is CN1CCN(c2ccc(-c3ccc(NS(=O)(=O)c4ccc(OC(F)(F)F)cc4)cc3)nn2)CC1. The molecule has 0 amide bonds. The highest BCUT2D eigenvalue weighted by Crippen LogP contribution is 2.26. The van der Waals surface area contributed by atoms with Crippen molar-refractivity contribution in [1.82, 2.24) is 15.1 Å². The lowest BCUT2D eigenvalue weighted by molar-refractivity contribution is -0.274. The van der Waals surface area contributed by atoms with Gasteiger partial charge in [0.2, 0.25) is 0 Å². The average molecular weight is 494 g/mol. The summed E-state index contributed by atoms with van der Waals surface area (Å²) in [6, 6.07) is 14.3. The van der Waals surface area contributed by atoms with Crippen molar-refractivity contribution in [2.24, 2.45) is 0 Å². The summed E-state index contributed by atoms with van der Waals surface area (Å²) in [5, 5.41) is 8.61. The van der Waals surface area contributed by atoms with Crippen molar-refractivity contribution in [3.05, 3.63) is 60.7 Å². The molecule has 1 aliphatic heterocycles. The van der Waals surface area contributed by atoms with Crippen molar-refractivity contribution in [1.29, 1.82) is 0 Å². The molecule has 3 aromatic rings. The Morgan fingerprint density at radius 3 is 2.09 bits per heavy atom. The molecule has 2 heterocycles. The van der Waals surface area contributed by atoms with Crippen LogP contribution in [0.5, 0.6) is 5.75 Å². The van der Waals surface area contributed by atoms with E-state index in [0.29, 0.717) is 11.4 Å². The largest absolute Gasteiger partial charge is 0.573 e. The number of halogens is 3. The summed E-state index contributed by atoms with van der Waals surface area (Å²) < 4.78 is 68.1. The Labute approximate surface area is 195 Å². The Balaban J connectivity index is 1.41. The maximum Gasteiger partial charge on any atom is 0.573 e. The lowest BCUT2D eigenvalue weighted by Crippen LogP contribution is -2.44. The van der Waals surface area contributed by atoms with Crippen molar-refractivity contribution in [3.63, 3.8) is 0 Å². The highest BCUT2D eigenvalue weighted by atomic mass is 32.2. The molecule has 0 atom stereocenters. The zero-order valence-corrected chi connectivity index (χ0v) is 19.0. The fraction of sp³-hybridized carbons (Fsp3) is 0.273. The standard InChI is InChI=1S/C22H22F3N5O3S/c1-29-12-14-30(15-13-29)21-11-10-20(26-27-21)16-2-4-17(5-3-16)28-34(31,32)19-8-6-18(7-9-19)33-22(23,24)25/h2-11,28H,12-15H2,1H3. The number of rotatable bonds is 6. The predicted molar refractivity (Wildman–Crippen MR) is 121 cm³/mol. The number of likely N-dealkylation sites (N-methyl/N-ethyl adjacent to an activating group) is 1. The van der Waals surface area contributed by atoms with E-state index in [2.05, 4.69) is 36.5 Å². The van der Waals surface area contributed by atoms with Gasteiger partial charge in [0.15, 0.2) is 5.82 Å². The molecule has 1 aliphatic rings. The van der Waals surface area contributed by atoms with Gasteiger partial charge in [-0.25, -0.2) is 8.42 Å². The van der Waals surface area contributed by atoms with E-state index >= 15 is 0 Å². The molecule has 0 bridgehead atoms. The van der Waals surface area contributed by atoms with Crippen LogP contribution in [0.4, 0.5) is 24.7 Å². The van der Waals surface area contributed by atoms with E-state index in [1.165, 1.54) is 0 Å². The Morgan fingerprint density at radius 2 is 1.53 bits per heavy atom. The van der Waals surface area contributed by atoms with E-state index in [4.69, 9.17) is 0 Å². The normalized spacial score (nSPS) is 15.2. The second-order valence-electron chi connectivity index (χ2n) is 7.77. The first-order chi connectivity index (χ1) is 16.1. The number of aromatic nitrogens is 2. The number of benzene rings is 2. The maximum absolute atomic E-state index is 12.6. The Kier molecular flexibility index (Phi) is 6.62. The first kappa shape index (κ1) is 23.8. The van der Waals surface area contributed by atoms with Crippen LogP contribution in [0.1, 0.15) is 0 Å². The molecule has 4 rings (SSSR count). The van der Waals surface area contributed by atoms with Gasteiger partial charge >= 0.3 is 6.36 Å². The molecule has 0 aliphatic carbocycles. The Morgan fingerprint density at radius 1 is 0.882 bits per heavy atom. The summed E-state index contributed by atoms with van der Waals surface area (Å²) in [6.45, 7) is 3.70. The molecule has 12 heteroatoms. The van der Waals surface area contributed by atoms with Gasteiger partial charge < -0.3 is 14.5 Å². The second-order valence-corrected chi connectivity index (χ2v) is 9.45. The first-order valence-corrected chi connectivity index (χ1v) is 11.8. The van der Waals surface area contributed by atoms with Crippen LogP contribution in [0.2, 0.25) is 0 Å². The van der Waals surface area contributed by atoms with Gasteiger partial charge in [-0.3, -0.25) is 4.72 Å². The topological polar surface area (TPSA) is 87.7 Å². The molecular weight excluding hydrogens is 471 g/mol. The van der Waals surface area contributed by atoms with Crippen LogP contribution in [0.25, 0.3) is 11.3 Å². The molecule has 1 aromatic heterocycles. The maximum atomic E-state index is 12.6. The van der Waals surface area contributed by atoms with Crippen molar-refractivity contribution < 1.29 is 26.3 Å². The van der Waals surface area contributed by atoms with Gasteiger partial charge in [-0.1, -0.05) is 12.1 Å². The molecule has 180 valence electrons. The third-order valence-corrected chi connectivity index (χ3v) is 6.68. The molecule has 1 N–H and O–H groups in total. The summed E-state index contributed by atoms with van der Waals surface area (Å²) >= 11 is 0. The highest BCUT2D eigenvalue weighted by molar-refractivity contribution is 7.92. The van der Waals surface area contributed by atoms with Gasteiger partial charge in [0, 0.05) is 37.4 Å². The monoisotopic (exact) mass is 493 g/mol. The van der Waals surface area contributed by atoms with E-state index in [1.54, 1.807) is 24.3 Å². The quantitative estimate of drug-likeness (QED) is 0.562. The van der Waals surface area contributed by atoms with Gasteiger partial charge in [0.25, 0.3) is 10.0 Å². The minimum atomic E-state index is -4.85. The van der Waals surface area contributed by atoms with Gasteiger partial charge in [0.1, 0.15) is 5.75 Å². The van der Waals surface area contributed by atoms with E-state index in [-0.39, 0.29) is 4.90 Å². The fourth-order valence-corrected chi connectivity index (χ4v) is 4.49. The number of ether oxygens (including phenoxy) is 1. The number of anilines is 2. The first-order valence-electron chi connectivity index (χ1n) is 10.4. The molecule has 1 fully saturated rings. The van der Waals surface area contributed by atoms with Crippen LogP contribution >= 0.6 is 0 Å². The summed E-state index contributed by atoms with van der Waals surface area (Å²) in [6.07, 6.45) is -4.85. The number of piperazine rings is 1. The minimum Gasteiger partial charge on any atom is -0.406 e. The molecule has 0 saturated carbocycles. The van der Waals surface area contributed by atoms with E-state index < -0.39 is 22.1 Å². The summed E-state index contributed by atoms with van der Waals surface area (Å²) in [5.74, 6) is 0.309. The van der Waals surface area contributed by atoms with E-state index in [9.17, 15) is 21.6 Å². The Bertz CT molecular complexity index is 1210. The lowest BCUT2D eigenvalue weighted by Gasteiger charge is -2.32. The fourth-order valence-electron chi connectivity index (χ4n) is 3.43. The number of nitrogens with one attached hydrogen (secondary N) is 1. The number of hydrogen-bond acceptors (Lipinski definition) is 7. The molecule has 2 aromatic carbocycles. The summed E-state index contributed by atoms with van der Waals surface area (Å²) in [4.78, 5) is 4.23. The van der Waals surface area contributed by atoms with Gasteiger partial charge in [-0.15, -0.1) is 23.4 Å². The number of hydrogen-bond donors (Lipinski definition) is 1. The van der Waals surface area contributed by atoms with Crippen molar-refractivity contribution in [2.75, 3.05) is 42.8 Å². The molecule has 0 spiro atoms. The molecule has 0 radical (unpaired) electrons.